The number of halogens is 9. The zero-order chi connectivity index (χ0) is 26.6. The molecule has 4 rings (SSSR count). The number of aliphatic hydroxyl groups is 1. The molecule has 2 aromatic heterocycles. The number of nitrogens with one attached hydrogen (secondary N) is 1. The fourth-order valence-electron chi connectivity index (χ4n) is 3.58. The van der Waals surface area contributed by atoms with E-state index in [1.807, 2.05) is 0 Å². The van der Waals surface area contributed by atoms with Crippen molar-refractivity contribution in [2.45, 2.75) is 37.3 Å². The Morgan fingerprint density at radius 1 is 1.14 bits per heavy atom. The smallest absolute Gasteiger partial charge is 0.374 e. The number of hydrogen-bond acceptors (Lipinski definition) is 5. The van der Waals surface area contributed by atoms with Gasteiger partial charge >= 0.3 is 18.3 Å². The van der Waals surface area contributed by atoms with Crippen molar-refractivity contribution in [2.75, 3.05) is 6.54 Å². The Bertz CT molecular complexity index is 1260. The van der Waals surface area contributed by atoms with Gasteiger partial charge in [0, 0.05) is 35.8 Å². The van der Waals surface area contributed by atoms with E-state index in [0.717, 1.165) is 26.0 Å². The van der Waals surface area contributed by atoms with Crippen molar-refractivity contribution in [3.05, 3.63) is 46.1 Å². The molecule has 1 aromatic carbocycles. The van der Waals surface area contributed by atoms with E-state index in [9.17, 15) is 40.2 Å². The fourth-order valence-corrected chi connectivity index (χ4v) is 3.80. The fraction of sp³-hybridized carbons (Fsp3) is 0.429. The van der Waals surface area contributed by atoms with Crippen molar-refractivity contribution < 1.29 is 44.8 Å². The van der Waals surface area contributed by atoms with Crippen LogP contribution in [0.2, 0.25) is 5.02 Å². The van der Waals surface area contributed by atoms with E-state index in [2.05, 4.69) is 15.6 Å². The van der Waals surface area contributed by atoms with Crippen molar-refractivity contribution in [2.24, 2.45) is 13.0 Å². The van der Waals surface area contributed by atoms with Crippen LogP contribution in [0.4, 0.5) is 35.1 Å². The Morgan fingerprint density at radius 2 is 1.81 bits per heavy atom. The first-order valence-corrected chi connectivity index (χ1v) is 10.8. The molecule has 196 valence electrons. The van der Waals surface area contributed by atoms with Gasteiger partial charge in [-0.25, -0.2) is 0 Å². The highest BCUT2D eigenvalue weighted by Crippen LogP contribution is 2.50. The molecular weight excluding hydrogens is 528 g/mol. The predicted molar refractivity (Wildman–Crippen MR) is 110 cm³/mol. The van der Waals surface area contributed by atoms with Crippen LogP contribution in [0.3, 0.4) is 0 Å². The maximum atomic E-state index is 13.9. The van der Waals surface area contributed by atoms with E-state index in [1.54, 1.807) is 0 Å². The van der Waals surface area contributed by atoms with Crippen molar-refractivity contribution >= 4 is 11.6 Å². The zero-order valence-electron chi connectivity index (χ0n) is 18.2. The highest BCUT2D eigenvalue weighted by molar-refractivity contribution is 6.31. The predicted octanol–water partition coefficient (Wildman–Crippen LogP) is 6.06. The summed E-state index contributed by atoms with van der Waals surface area (Å²) in [6, 6.07) is 5.11. The number of alkyl halides is 8. The van der Waals surface area contributed by atoms with E-state index in [4.69, 9.17) is 16.1 Å². The molecular formula is C21H17ClF8N4O2. The van der Waals surface area contributed by atoms with Gasteiger partial charge in [-0.05, 0) is 37.0 Å². The molecule has 0 amide bonds. The summed E-state index contributed by atoms with van der Waals surface area (Å²) in [4.78, 5) is 0. The van der Waals surface area contributed by atoms with Crippen LogP contribution in [-0.2, 0) is 19.1 Å². The summed E-state index contributed by atoms with van der Waals surface area (Å²) < 4.78 is 113. The molecule has 1 saturated carbocycles. The number of aryl methyl sites for hydroxylation is 1. The van der Waals surface area contributed by atoms with Crippen LogP contribution in [0.1, 0.15) is 35.9 Å². The minimum atomic E-state index is -6.32. The number of aromatic nitrogens is 3. The monoisotopic (exact) mass is 544 g/mol. The van der Waals surface area contributed by atoms with Crippen molar-refractivity contribution in [1.82, 2.24) is 20.3 Å². The number of rotatable bonds is 7. The van der Waals surface area contributed by atoms with Crippen LogP contribution in [0.15, 0.2) is 28.8 Å². The van der Waals surface area contributed by atoms with E-state index in [0.29, 0.717) is 12.5 Å². The Morgan fingerprint density at radius 3 is 2.39 bits per heavy atom. The quantitative estimate of drug-likeness (QED) is 0.279. The topological polar surface area (TPSA) is 76.1 Å². The second kappa shape index (κ2) is 8.99. The third kappa shape index (κ3) is 4.93. The molecule has 2 heterocycles. The van der Waals surface area contributed by atoms with Gasteiger partial charge in [-0.1, -0.05) is 16.8 Å². The molecule has 1 unspecified atom stereocenters. The number of benzene rings is 1. The van der Waals surface area contributed by atoms with Crippen molar-refractivity contribution in [3.8, 4) is 22.7 Å². The lowest BCUT2D eigenvalue weighted by atomic mass is 10.0. The summed E-state index contributed by atoms with van der Waals surface area (Å²) >= 11 is 6.14. The molecule has 0 radical (unpaired) electrons. The standard InChI is InChI=1S/C21H17ClF8N4O2/c1-34-16(15(20(25,26)27)17(32-34)19(23,24)21(28,29)30)13-7-14(36-33-13)10-4-5-12(22)11(6-10)18(35)31-8-9-2-3-9/h4-7,9,18,31,35H,2-3,8H2,1H3. The van der Waals surface area contributed by atoms with Crippen molar-refractivity contribution in [1.29, 1.82) is 0 Å². The lowest BCUT2D eigenvalue weighted by Gasteiger charge is -2.19. The van der Waals surface area contributed by atoms with Crippen LogP contribution in [0, 0.1) is 5.92 Å². The van der Waals surface area contributed by atoms with Gasteiger partial charge in [0.15, 0.2) is 11.5 Å². The Balaban J connectivity index is 1.74. The molecule has 36 heavy (non-hydrogen) atoms. The number of nitrogens with zero attached hydrogens (tertiary/aromatic N) is 3. The highest BCUT2D eigenvalue weighted by atomic mass is 35.5. The van der Waals surface area contributed by atoms with Gasteiger partial charge < -0.3 is 9.63 Å². The number of aliphatic hydroxyl groups excluding tert-OH is 1. The molecule has 15 heteroatoms. The summed E-state index contributed by atoms with van der Waals surface area (Å²) in [6.07, 6.45) is -11.1. The second-order valence-electron chi connectivity index (χ2n) is 8.33. The Labute approximate surface area is 202 Å². The van der Waals surface area contributed by atoms with Gasteiger partial charge in [0.25, 0.3) is 0 Å². The summed E-state index contributed by atoms with van der Waals surface area (Å²) in [6.45, 7) is 0.541. The van der Waals surface area contributed by atoms with Crippen LogP contribution < -0.4 is 5.32 Å². The zero-order valence-corrected chi connectivity index (χ0v) is 18.9. The molecule has 6 nitrogen and oxygen atoms in total. The van der Waals surface area contributed by atoms with E-state index >= 15 is 0 Å². The second-order valence-corrected chi connectivity index (χ2v) is 8.74. The van der Waals surface area contributed by atoms with Gasteiger partial charge in [0.2, 0.25) is 0 Å². The summed E-state index contributed by atoms with van der Waals surface area (Å²) in [7, 11) is 0.775. The van der Waals surface area contributed by atoms with E-state index < -0.39 is 47.1 Å². The Hall–Kier alpha value is -2.71. The van der Waals surface area contributed by atoms with E-state index in [1.165, 1.54) is 18.2 Å². The van der Waals surface area contributed by atoms with Crippen molar-refractivity contribution in [3.63, 3.8) is 0 Å². The van der Waals surface area contributed by atoms with Gasteiger partial charge in [0.1, 0.15) is 23.2 Å². The lowest BCUT2D eigenvalue weighted by Crippen LogP contribution is -2.36. The maximum Gasteiger partial charge on any atom is 0.459 e. The minimum Gasteiger partial charge on any atom is -0.374 e. The van der Waals surface area contributed by atoms with Crippen LogP contribution >= 0.6 is 11.6 Å². The molecule has 0 saturated heterocycles. The molecule has 1 atom stereocenters. The molecule has 0 aliphatic heterocycles. The van der Waals surface area contributed by atoms with Gasteiger partial charge in [-0.3, -0.25) is 10.00 Å². The summed E-state index contributed by atoms with van der Waals surface area (Å²) in [5.41, 5.74) is -6.17. The third-order valence-corrected chi connectivity index (χ3v) is 5.95. The summed E-state index contributed by atoms with van der Waals surface area (Å²) in [5.74, 6) is -5.60. The number of hydrogen-bond donors (Lipinski definition) is 2. The SMILES string of the molecule is Cn1nc(C(F)(F)C(F)(F)F)c(C(F)(F)F)c1-c1cc(-c2ccc(Cl)c(C(O)NCC3CC3)c2)on1. The first kappa shape index (κ1) is 26.4. The largest absolute Gasteiger partial charge is 0.459 e. The molecule has 3 aromatic rings. The molecule has 1 aliphatic carbocycles. The lowest BCUT2D eigenvalue weighted by molar-refractivity contribution is -0.292. The first-order chi connectivity index (χ1) is 16.6. The molecule has 1 aliphatic rings. The average Bonchev–Trinajstić information content (AvgIpc) is 3.34. The summed E-state index contributed by atoms with van der Waals surface area (Å²) in [5, 5.41) is 19.8. The minimum absolute atomic E-state index is 0.157. The average molecular weight is 545 g/mol. The van der Waals surface area contributed by atoms with Gasteiger partial charge in [-0.15, -0.1) is 0 Å². The molecule has 0 bridgehead atoms. The van der Waals surface area contributed by atoms with Gasteiger partial charge in [0.05, 0.1) is 0 Å². The molecule has 2 N–H and O–H groups in total. The maximum absolute atomic E-state index is 13.9. The molecule has 1 fully saturated rings. The van der Waals surface area contributed by atoms with E-state index in [-0.39, 0.29) is 26.6 Å². The highest BCUT2D eigenvalue weighted by Gasteiger charge is 2.64. The van der Waals surface area contributed by atoms with Crippen LogP contribution in [0.5, 0.6) is 0 Å². The Kier molecular flexibility index (Phi) is 6.58. The first-order valence-electron chi connectivity index (χ1n) is 10.4. The third-order valence-electron chi connectivity index (χ3n) is 5.61. The van der Waals surface area contributed by atoms with Gasteiger partial charge in [-0.2, -0.15) is 40.2 Å². The normalized spacial score (nSPS) is 16.0. The molecule has 0 spiro atoms. The van der Waals surface area contributed by atoms with Crippen LogP contribution in [-0.4, -0.2) is 32.8 Å². The van der Waals surface area contributed by atoms with Crippen LogP contribution in [0.25, 0.3) is 22.7 Å².